The van der Waals surface area contributed by atoms with Gasteiger partial charge in [0, 0.05) is 0 Å². The molecule has 0 spiro atoms. The SMILES string of the molecule is CC1(c2cccc(C(F)(F)F)c2)CC1CN. The van der Waals surface area contributed by atoms with Crippen molar-refractivity contribution in [3.05, 3.63) is 35.4 Å². The third-order valence-corrected chi connectivity index (χ3v) is 3.55. The van der Waals surface area contributed by atoms with Crippen molar-refractivity contribution in [1.82, 2.24) is 0 Å². The molecule has 2 unspecified atom stereocenters. The molecule has 1 aromatic carbocycles. The van der Waals surface area contributed by atoms with Crippen molar-refractivity contribution >= 4 is 0 Å². The Bertz CT molecular complexity index is 399. The topological polar surface area (TPSA) is 26.0 Å². The van der Waals surface area contributed by atoms with Crippen LogP contribution in [0.4, 0.5) is 13.2 Å². The Morgan fingerprint density at radius 1 is 1.44 bits per heavy atom. The zero-order valence-corrected chi connectivity index (χ0v) is 9.01. The smallest absolute Gasteiger partial charge is 0.330 e. The second kappa shape index (κ2) is 3.48. The maximum atomic E-state index is 12.5. The minimum atomic E-state index is -4.26. The normalized spacial score (nSPS) is 29.2. The lowest BCUT2D eigenvalue weighted by Gasteiger charge is -2.14. The number of nitrogens with two attached hydrogens (primary N) is 1. The zero-order chi connectivity index (χ0) is 12.0. The van der Waals surface area contributed by atoms with Crippen molar-refractivity contribution in [2.24, 2.45) is 11.7 Å². The first-order valence-corrected chi connectivity index (χ1v) is 5.26. The van der Waals surface area contributed by atoms with E-state index in [1.54, 1.807) is 6.07 Å². The Kier molecular flexibility index (Phi) is 2.49. The maximum Gasteiger partial charge on any atom is 0.416 e. The van der Waals surface area contributed by atoms with Gasteiger partial charge in [-0.1, -0.05) is 25.1 Å². The lowest BCUT2D eigenvalue weighted by atomic mass is 9.94. The van der Waals surface area contributed by atoms with Crippen LogP contribution in [0, 0.1) is 5.92 Å². The summed E-state index contributed by atoms with van der Waals surface area (Å²) in [7, 11) is 0. The highest BCUT2D eigenvalue weighted by Crippen LogP contribution is 2.53. The molecular weight excluding hydrogens is 215 g/mol. The summed E-state index contributed by atoms with van der Waals surface area (Å²) in [6, 6.07) is 5.57. The predicted molar refractivity (Wildman–Crippen MR) is 56.0 cm³/mol. The highest BCUT2D eigenvalue weighted by Gasteiger charge is 2.50. The highest BCUT2D eigenvalue weighted by atomic mass is 19.4. The Morgan fingerprint density at radius 3 is 2.62 bits per heavy atom. The van der Waals surface area contributed by atoms with E-state index in [1.165, 1.54) is 12.1 Å². The van der Waals surface area contributed by atoms with Gasteiger partial charge in [0.05, 0.1) is 5.56 Å². The number of rotatable bonds is 2. The minimum Gasteiger partial charge on any atom is -0.330 e. The molecule has 0 aliphatic heterocycles. The van der Waals surface area contributed by atoms with Gasteiger partial charge in [0.2, 0.25) is 0 Å². The monoisotopic (exact) mass is 229 g/mol. The van der Waals surface area contributed by atoms with Crippen molar-refractivity contribution in [3.8, 4) is 0 Å². The van der Waals surface area contributed by atoms with Crippen LogP contribution in [0.2, 0.25) is 0 Å². The molecule has 0 amide bonds. The first-order valence-electron chi connectivity index (χ1n) is 5.26. The Labute approximate surface area is 92.5 Å². The molecule has 1 saturated carbocycles. The molecule has 1 aliphatic rings. The van der Waals surface area contributed by atoms with Crippen LogP contribution in [0.1, 0.15) is 24.5 Å². The van der Waals surface area contributed by atoms with E-state index in [9.17, 15) is 13.2 Å². The van der Waals surface area contributed by atoms with E-state index in [2.05, 4.69) is 0 Å². The molecule has 4 heteroatoms. The third-order valence-electron chi connectivity index (χ3n) is 3.55. The molecule has 0 saturated heterocycles. The molecule has 2 rings (SSSR count). The third kappa shape index (κ3) is 1.82. The molecule has 2 N–H and O–H groups in total. The van der Waals surface area contributed by atoms with Gasteiger partial charge in [-0.25, -0.2) is 0 Å². The van der Waals surface area contributed by atoms with E-state index in [0.717, 1.165) is 18.1 Å². The molecule has 16 heavy (non-hydrogen) atoms. The molecule has 88 valence electrons. The number of halogens is 3. The van der Waals surface area contributed by atoms with Crippen LogP contribution in [-0.2, 0) is 11.6 Å². The number of hydrogen-bond acceptors (Lipinski definition) is 1. The summed E-state index contributed by atoms with van der Waals surface area (Å²) in [4.78, 5) is 0. The summed E-state index contributed by atoms with van der Waals surface area (Å²) >= 11 is 0. The van der Waals surface area contributed by atoms with Crippen molar-refractivity contribution in [1.29, 1.82) is 0 Å². The summed E-state index contributed by atoms with van der Waals surface area (Å²) in [5, 5.41) is 0. The number of benzene rings is 1. The van der Waals surface area contributed by atoms with Gasteiger partial charge < -0.3 is 5.73 Å². The molecule has 0 radical (unpaired) electrons. The van der Waals surface area contributed by atoms with Crippen molar-refractivity contribution in [3.63, 3.8) is 0 Å². The van der Waals surface area contributed by atoms with E-state index in [4.69, 9.17) is 5.73 Å². The molecule has 1 fully saturated rings. The van der Waals surface area contributed by atoms with Crippen LogP contribution in [0.15, 0.2) is 24.3 Å². The average molecular weight is 229 g/mol. The maximum absolute atomic E-state index is 12.5. The molecule has 1 aromatic rings. The summed E-state index contributed by atoms with van der Waals surface area (Å²) < 4.78 is 37.6. The fourth-order valence-electron chi connectivity index (χ4n) is 2.20. The Morgan fingerprint density at radius 2 is 2.12 bits per heavy atom. The van der Waals surface area contributed by atoms with E-state index >= 15 is 0 Å². The van der Waals surface area contributed by atoms with Gasteiger partial charge in [-0.3, -0.25) is 0 Å². The summed E-state index contributed by atoms with van der Waals surface area (Å²) in [6.07, 6.45) is -3.38. The Balaban J connectivity index is 2.31. The van der Waals surface area contributed by atoms with Crippen LogP contribution in [0.5, 0.6) is 0 Å². The molecule has 2 atom stereocenters. The first kappa shape index (κ1) is 11.5. The quantitative estimate of drug-likeness (QED) is 0.829. The van der Waals surface area contributed by atoms with Gasteiger partial charge in [0.15, 0.2) is 0 Å². The van der Waals surface area contributed by atoms with Gasteiger partial charge in [0.25, 0.3) is 0 Å². The number of alkyl halides is 3. The van der Waals surface area contributed by atoms with Crippen LogP contribution in [-0.4, -0.2) is 6.54 Å². The summed E-state index contributed by atoms with van der Waals surface area (Å²) in [5.41, 5.74) is 5.56. The lowest BCUT2D eigenvalue weighted by molar-refractivity contribution is -0.137. The summed E-state index contributed by atoms with van der Waals surface area (Å²) in [6.45, 7) is 2.51. The van der Waals surface area contributed by atoms with E-state index in [0.29, 0.717) is 12.5 Å². The fourth-order valence-corrected chi connectivity index (χ4v) is 2.20. The largest absolute Gasteiger partial charge is 0.416 e. The lowest BCUT2D eigenvalue weighted by Crippen LogP contribution is -2.13. The van der Waals surface area contributed by atoms with Crippen LogP contribution in [0.25, 0.3) is 0 Å². The molecule has 1 nitrogen and oxygen atoms in total. The second-order valence-corrected chi connectivity index (χ2v) is 4.63. The van der Waals surface area contributed by atoms with E-state index in [1.807, 2.05) is 6.92 Å². The van der Waals surface area contributed by atoms with Gasteiger partial charge in [0.1, 0.15) is 0 Å². The van der Waals surface area contributed by atoms with Gasteiger partial charge in [-0.15, -0.1) is 0 Å². The second-order valence-electron chi connectivity index (χ2n) is 4.63. The molecule has 0 bridgehead atoms. The predicted octanol–water partition coefficient (Wildman–Crippen LogP) is 2.94. The first-order chi connectivity index (χ1) is 7.38. The molecule has 1 aliphatic carbocycles. The van der Waals surface area contributed by atoms with Crippen molar-refractivity contribution < 1.29 is 13.2 Å². The van der Waals surface area contributed by atoms with Crippen LogP contribution < -0.4 is 5.73 Å². The van der Waals surface area contributed by atoms with Crippen molar-refractivity contribution in [2.75, 3.05) is 6.54 Å². The van der Waals surface area contributed by atoms with Crippen molar-refractivity contribution in [2.45, 2.75) is 24.9 Å². The molecule has 0 heterocycles. The molecule has 0 aromatic heterocycles. The van der Waals surface area contributed by atoms with E-state index in [-0.39, 0.29) is 5.41 Å². The van der Waals surface area contributed by atoms with Crippen LogP contribution in [0.3, 0.4) is 0 Å². The Hall–Kier alpha value is -1.03. The zero-order valence-electron chi connectivity index (χ0n) is 9.01. The minimum absolute atomic E-state index is 0.157. The summed E-state index contributed by atoms with van der Waals surface area (Å²) in [5.74, 6) is 0.316. The van der Waals surface area contributed by atoms with Gasteiger partial charge in [-0.05, 0) is 35.9 Å². The van der Waals surface area contributed by atoms with Crippen LogP contribution >= 0.6 is 0 Å². The number of hydrogen-bond donors (Lipinski definition) is 1. The fraction of sp³-hybridized carbons (Fsp3) is 0.500. The van der Waals surface area contributed by atoms with E-state index < -0.39 is 11.7 Å². The van der Waals surface area contributed by atoms with Gasteiger partial charge >= 0.3 is 6.18 Å². The molecular formula is C12H14F3N. The standard InChI is InChI=1S/C12H14F3N/c1-11(6-10(11)7-16)8-3-2-4-9(5-8)12(13,14)15/h2-5,10H,6-7,16H2,1H3. The average Bonchev–Trinajstić information content (AvgIpc) is 2.90. The van der Waals surface area contributed by atoms with Gasteiger partial charge in [-0.2, -0.15) is 13.2 Å². The highest BCUT2D eigenvalue weighted by molar-refractivity contribution is 5.36.